The van der Waals surface area contributed by atoms with E-state index in [1.54, 1.807) is 0 Å². The van der Waals surface area contributed by atoms with E-state index in [0.29, 0.717) is 13.2 Å². The van der Waals surface area contributed by atoms with Crippen molar-refractivity contribution < 1.29 is 9.84 Å². The summed E-state index contributed by atoms with van der Waals surface area (Å²) >= 11 is 0. The van der Waals surface area contributed by atoms with Crippen LogP contribution in [0.2, 0.25) is 0 Å². The maximum absolute atomic E-state index is 8.58. The Morgan fingerprint density at radius 1 is 0.938 bits per heavy atom. The van der Waals surface area contributed by atoms with Gasteiger partial charge in [-0.2, -0.15) is 0 Å². The summed E-state index contributed by atoms with van der Waals surface area (Å²) in [5.74, 6) is 0. The second kappa shape index (κ2) is 5.64. The van der Waals surface area contributed by atoms with Crippen molar-refractivity contribution in [3.63, 3.8) is 0 Å². The fraction of sp³-hybridized carbons (Fsp3) is 0.286. The molecule has 16 heavy (non-hydrogen) atoms. The third kappa shape index (κ3) is 2.81. The minimum Gasteiger partial charge on any atom is -0.394 e. The molecule has 0 saturated carbocycles. The highest BCUT2D eigenvalue weighted by Gasteiger charge is 1.96. The van der Waals surface area contributed by atoms with E-state index >= 15 is 0 Å². The summed E-state index contributed by atoms with van der Waals surface area (Å²) in [7, 11) is 0. The largest absolute Gasteiger partial charge is 0.394 e. The predicted molar refractivity (Wildman–Crippen MR) is 65.6 cm³/mol. The number of aliphatic hydroxyl groups is 1. The van der Waals surface area contributed by atoms with Crippen molar-refractivity contribution in [3.8, 4) is 0 Å². The van der Waals surface area contributed by atoms with E-state index < -0.39 is 0 Å². The van der Waals surface area contributed by atoms with E-state index in [4.69, 9.17) is 9.84 Å². The first-order valence-corrected chi connectivity index (χ1v) is 5.56. The van der Waals surface area contributed by atoms with Crippen LogP contribution in [0.1, 0.15) is 5.56 Å². The molecule has 0 aliphatic heterocycles. The minimum atomic E-state index is 0.0950. The van der Waals surface area contributed by atoms with Gasteiger partial charge < -0.3 is 9.84 Å². The molecule has 0 atom stereocenters. The standard InChI is InChI=1S/C14H16O2/c15-8-10-16-9-7-12-5-6-13-3-1-2-4-14(13)11-12/h1-6,11,15H,7-10H2. The van der Waals surface area contributed by atoms with E-state index in [9.17, 15) is 0 Å². The van der Waals surface area contributed by atoms with Gasteiger partial charge in [-0.15, -0.1) is 0 Å². The molecule has 84 valence electrons. The summed E-state index contributed by atoms with van der Waals surface area (Å²) in [4.78, 5) is 0. The molecule has 0 saturated heterocycles. The maximum Gasteiger partial charge on any atom is 0.0697 e. The van der Waals surface area contributed by atoms with Crippen LogP contribution in [0, 0.1) is 0 Å². The molecule has 0 aliphatic carbocycles. The Balaban J connectivity index is 2.02. The molecule has 0 aromatic heterocycles. The molecule has 0 spiro atoms. The van der Waals surface area contributed by atoms with Crippen LogP contribution in [-0.2, 0) is 11.2 Å². The van der Waals surface area contributed by atoms with Crippen molar-refractivity contribution in [1.82, 2.24) is 0 Å². The quantitative estimate of drug-likeness (QED) is 0.778. The molecule has 0 radical (unpaired) electrons. The van der Waals surface area contributed by atoms with Gasteiger partial charge in [0.2, 0.25) is 0 Å². The van der Waals surface area contributed by atoms with Gasteiger partial charge in [-0.25, -0.2) is 0 Å². The van der Waals surface area contributed by atoms with Gasteiger partial charge in [0, 0.05) is 0 Å². The Morgan fingerprint density at radius 2 is 1.75 bits per heavy atom. The van der Waals surface area contributed by atoms with Crippen LogP contribution in [-0.4, -0.2) is 24.9 Å². The van der Waals surface area contributed by atoms with Gasteiger partial charge in [-0.1, -0.05) is 42.5 Å². The molecule has 1 N–H and O–H groups in total. The third-order valence-electron chi connectivity index (χ3n) is 2.58. The number of hydrogen-bond donors (Lipinski definition) is 1. The highest BCUT2D eigenvalue weighted by Crippen LogP contribution is 2.15. The van der Waals surface area contributed by atoms with Crippen molar-refractivity contribution in [3.05, 3.63) is 48.0 Å². The van der Waals surface area contributed by atoms with Crippen LogP contribution in [0.4, 0.5) is 0 Å². The number of fused-ring (bicyclic) bond motifs is 1. The van der Waals surface area contributed by atoms with Gasteiger partial charge in [-0.05, 0) is 22.8 Å². The molecule has 0 heterocycles. The van der Waals surface area contributed by atoms with E-state index in [2.05, 4.69) is 30.3 Å². The van der Waals surface area contributed by atoms with Crippen molar-refractivity contribution >= 4 is 10.8 Å². The van der Waals surface area contributed by atoms with Crippen molar-refractivity contribution in [1.29, 1.82) is 0 Å². The molecule has 2 heteroatoms. The van der Waals surface area contributed by atoms with Crippen molar-refractivity contribution in [2.24, 2.45) is 0 Å². The summed E-state index contributed by atoms with van der Waals surface area (Å²) < 4.78 is 5.25. The SMILES string of the molecule is OCCOCCc1ccc2ccccc2c1. The lowest BCUT2D eigenvalue weighted by Crippen LogP contribution is -2.03. The molecule has 0 aliphatic rings. The van der Waals surface area contributed by atoms with Gasteiger partial charge in [0.25, 0.3) is 0 Å². The van der Waals surface area contributed by atoms with Gasteiger partial charge in [0.15, 0.2) is 0 Å². The van der Waals surface area contributed by atoms with Crippen LogP contribution in [0.15, 0.2) is 42.5 Å². The lowest BCUT2D eigenvalue weighted by atomic mass is 10.1. The monoisotopic (exact) mass is 216 g/mol. The Bertz CT molecular complexity index is 451. The predicted octanol–water partition coefficient (Wildman–Crippen LogP) is 2.39. The first kappa shape index (κ1) is 11.1. The number of benzene rings is 2. The van der Waals surface area contributed by atoms with Crippen LogP contribution < -0.4 is 0 Å². The van der Waals surface area contributed by atoms with Gasteiger partial charge >= 0.3 is 0 Å². The fourth-order valence-electron chi connectivity index (χ4n) is 1.75. The van der Waals surface area contributed by atoms with Crippen LogP contribution in [0.5, 0.6) is 0 Å². The molecule has 2 nitrogen and oxygen atoms in total. The highest BCUT2D eigenvalue weighted by atomic mass is 16.5. The Labute approximate surface area is 95.5 Å². The molecule has 2 aromatic rings. The average molecular weight is 216 g/mol. The lowest BCUT2D eigenvalue weighted by Gasteiger charge is -2.04. The average Bonchev–Trinajstić information content (AvgIpc) is 2.34. The zero-order valence-corrected chi connectivity index (χ0v) is 9.23. The van der Waals surface area contributed by atoms with Gasteiger partial charge in [-0.3, -0.25) is 0 Å². The molecule has 2 aromatic carbocycles. The normalized spacial score (nSPS) is 10.8. The lowest BCUT2D eigenvalue weighted by molar-refractivity contribution is 0.0944. The molecule has 0 amide bonds. The van der Waals surface area contributed by atoms with Crippen LogP contribution >= 0.6 is 0 Å². The van der Waals surface area contributed by atoms with Crippen LogP contribution in [0.25, 0.3) is 10.8 Å². The van der Waals surface area contributed by atoms with Gasteiger partial charge in [0.05, 0.1) is 19.8 Å². The molecule has 0 fully saturated rings. The Kier molecular flexibility index (Phi) is 3.91. The third-order valence-corrected chi connectivity index (χ3v) is 2.58. The Hall–Kier alpha value is -1.38. The topological polar surface area (TPSA) is 29.5 Å². The summed E-state index contributed by atoms with van der Waals surface area (Å²) in [6.07, 6.45) is 0.894. The first-order chi connectivity index (χ1) is 7.90. The zero-order chi connectivity index (χ0) is 11.2. The highest BCUT2D eigenvalue weighted by molar-refractivity contribution is 5.82. The fourth-order valence-corrected chi connectivity index (χ4v) is 1.75. The van der Waals surface area contributed by atoms with E-state index in [0.717, 1.165) is 6.42 Å². The zero-order valence-electron chi connectivity index (χ0n) is 9.23. The number of rotatable bonds is 5. The second-order valence-electron chi connectivity index (χ2n) is 3.77. The summed E-state index contributed by atoms with van der Waals surface area (Å²) in [5.41, 5.74) is 1.27. The first-order valence-electron chi connectivity index (χ1n) is 5.56. The molecular weight excluding hydrogens is 200 g/mol. The molecule has 2 rings (SSSR count). The number of aliphatic hydroxyl groups excluding tert-OH is 1. The molecule has 0 unspecified atom stereocenters. The molecule has 0 bridgehead atoms. The smallest absolute Gasteiger partial charge is 0.0697 e. The number of ether oxygens (including phenoxy) is 1. The van der Waals surface area contributed by atoms with Gasteiger partial charge in [0.1, 0.15) is 0 Å². The second-order valence-corrected chi connectivity index (χ2v) is 3.77. The van der Waals surface area contributed by atoms with Crippen LogP contribution in [0.3, 0.4) is 0 Å². The minimum absolute atomic E-state index is 0.0950. The maximum atomic E-state index is 8.58. The summed E-state index contributed by atoms with van der Waals surface area (Å²) in [6, 6.07) is 14.8. The summed E-state index contributed by atoms with van der Waals surface area (Å²) in [6.45, 7) is 1.18. The van der Waals surface area contributed by atoms with E-state index in [1.165, 1.54) is 16.3 Å². The van der Waals surface area contributed by atoms with E-state index in [-0.39, 0.29) is 6.61 Å². The van der Waals surface area contributed by atoms with E-state index in [1.807, 2.05) is 12.1 Å². The van der Waals surface area contributed by atoms with Crippen molar-refractivity contribution in [2.75, 3.05) is 19.8 Å². The Morgan fingerprint density at radius 3 is 2.56 bits per heavy atom. The molecular formula is C14H16O2. The number of hydrogen-bond acceptors (Lipinski definition) is 2. The van der Waals surface area contributed by atoms with Crippen molar-refractivity contribution in [2.45, 2.75) is 6.42 Å². The summed E-state index contributed by atoms with van der Waals surface area (Å²) in [5, 5.41) is 11.1.